The first-order valence-corrected chi connectivity index (χ1v) is 5.63. The Hall–Kier alpha value is -1.03. The molecule has 0 aromatic carbocycles. The van der Waals surface area contributed by atoms with Gasteiger partial charge in [0.2, 0.25) is 0 Å². The van der Waals surface area contributed by atoms with Gasteiger partial charge in [-0.15, -0.1) is 0 Å². The molecule has 1 N–H and O–H groups in total. The zero-order valence-electron chi connectivity index (χ0n) is 8.98. The highest BCUT2D eigenvalue weighted by atomic mass is 16.2. The smallest absolute Gasteiger partial charge is 0.410 e. The van der Waals surface area contributed by atoms with E-state index in [9.17, 15) is 5.02 Å². The fourth-order valence-electron chi connectivity index (χ4n) is 2.65. The van der Waals surface area contributed by atoms with Crippen LogP contribution in [0.15, 0.2) is 18.3 Å². The summed E-state index contributed by atoms with van der Waals surface area (Å²) in [6.07, 6.45) is 5.56. The molecule has 1 spiro atoms. The van der Waals surface area contributed by atoms with E-state index < -0.39 is 7.05 Å². The molecule has 2 heterocycles. The van der Waals surface area contributed by atoms with Crippen LogP contribution in [0.2, 0.25) is 6.82 Å². The van der Waals surface area contributed by atoms with Crippen LogP contribution in [0.3, 0.4) is 0 Å². The minimum absolute atomic E-state index is 0.412. The van der Waals surface area contributed by atoms with E-state index in [2.05, 4.69) is 11.1 Å². The van der Waals surface area contributed by atoms with Gasteiger partial charge in [0, 0.05) is 18.2 Å². The first-order chi connectivity index (χ1) is 7.23. The molecule has 1 aromatic rings. The van der Waals surface area contributed by atoms with Gasteiger partial charge in [-0.3, -0.25) is 0 Å². The van der Waals surface area contributed by atoms with Crippen LogP contribution in [-0.2, 0) is 5.41 Å². The van der Waals surface area contributed by atoms with Gasteiger partial charge in [-0.05, 0) is 37.7 Å². The standard InChI is InChI=1S/C11H15BN2O/c1-12(15)14-8-6-11(4-5-11)9-3-2-7-13-10(9)14/h2-3,7,15H,4-6,8H2,1H3. The van der Waals surface area contributed by atoms with Gasteiger partial charge in [0.25, 0.3) is 0 Å². The number of aromatic nitrogens is 1. The average molecular weight is 202 g/mol. The van der Waals surface area contributed by atoms with E-state index in [1.54, 1.807) is 0 Å². The van der Waals surface area contributed by atoms with Crippen molar-refractivity contribution in [3.05, 3.63) is 23.9 Å². The monoisotopic (exact) mass is 202 g/mol. The second kappa shape index (κ2) is 2.98. The van der Waals surface area contributed by atoms with E-state index in [0.29, 0.717) is 5.41 Å². The Bertz CT molecular complexity index is 390. The first kappa shape index (κ1) is 9.22. The Morgan fingerprint density at radius 1 is 1.47 bits per heavy atom. The van der Waals surface area contributed by atoms with Crippen molar-refractivity contribution >= 4 is 12.9 Å². The van der Waals surface area contributed by atoms with Crippen molar-refractivity contribution in [2.45, 2.75) is 31.5 Å². The summed E-state index contributed by atoms with van der Waals surface area (Å²) in [6, 6.07) is 4.17. The van der Waals surface area contributed by atoms with Crippen molar-refractivity contribution in [2.24, 2.45) is 0 Å². The molecule has 0 radical (unpaired) electrons. The predicted molar refractivity (Wildman–Crippen MR) is 60.9 cm³/mol. The fourth-order valence-corrected chi connectivity index (χ4v) is 2.65. The number of pyridine rings is 1. The maximum absolute atomic E-state index is 9.70. The molecule has 1 fully saturated rings. The third kappa shape index (κ3) is 1.28. The van der Waals surface area contributed by atoms with Gasteiger partial charge in [0.05, 0.1) is 0 Å². The van der Waals surface area contributed by atoms with Crippen LogP contribution in [-0.4, -0.2) is 23.6 Å². The molecule has 0 amide bonds. The minimum atomic E-state index is -0.435. The van der Waals surface area contributed by atoms with Crippen molar-refractivity contribution in [3.8, 4) is 0 Å². The normalized spacial score (nSPS) is 21.3. The Labute approximate surface area is 90.3 Å². The molecule has 1 aliphatic heterocycles. The van der Waals surface area contributed by atoms with Gasteiger partial charge in [-0.2, -0.15) is 0 Å². The molecule has 4 heteroatoms. The zero-order valence-corrected chi connectivity index (χ0v) is 8.98. The highest BCUT2D eigenvalue weighted by molar-refractivity contribution is 6.53. The molecule has 3 rings (SSSR count). The van der Waals surface area contributed by atoms with Crippen LogP contribution in [0.5, 0.6) is 0 Å². The summed E-state index contributed by atoms with van der Waals surface area (Å²) in [7, 11) is -0.435. The predicted octanol–water partition coefficient (Wildman–Crippen LogP) is 1.43. The molecule has 15 heavy (non-hydrogen) atoms. The highest BCUT2D eigenvalue weighted by Gasteiger charge is 2.49. The SMILES string of the molecule is CB(O)N1CCC2(CC2)c2cccnc21. The second-order valence-electron chi connectivity index (χ2n) is 4.73. The van der Waals surface area contributed by atoms with Crippen molar-refractivity contribution in [3.63, 3.8) is 0 Å². The topological polar surface area (TPSA) is 36.4 Å². The summed E-state index contributed by atoms with van der Waals surface area (Å²) in [5.74, 6) is 0.997. The lowest BCUT2D eigenvalue weighted by Crippen LogP contribution is -2.43. The lowest BCUT2D eigenvalue weighted by atomic mass is 9.79. The van der Waals surface area contributed by atoms with Crippen molar-refractivity contribution in [1.82, 2.24) is 4.98 Å². The van der Waals surface area contributed by atoms with Gasteiger partial charge in [0.15, 0.2) is 0 Å². The number of rotatable bonds is 1. The maximum atomic E-state index is 9.70. The summed E-state index contributed by atoms with van der Waals surface area (Å²) in [5.41, 5.74) is 1.76. The fraction of sp³-hybridized carbons (Fsp3) is 0.545. The average Bonchev–Trinajstić information content (AvgIpc) is 2.99. The first-order valence-electron chi connectivity index (χ1n) is 5.63. The van der Waals surface area contributed by atoms with Crippen molar-refractivity contribution in [1.29, 1.82) is 0 Å². The third-order valence-electron chi connectivity index (χ3n) is 3.77. The number of anilines is 1. The number of hydrogen-bond acceptors (Lipinski definition) is 3. The molecule has 0 saturated heterocycles. The lowest BCUT2D eigenvalue weighted by Gasteiger charge is -2.35. The van der Waals surface area contributed by atoms with E-state index in [4.69, 9.17) is 0 Å². The van der Waals surface area contributed by atoms with E-state index in [0.717, 1.165) is 18.8 Å². The molecule has 78 valence electrons. The summed E-state index contributed by atoms with van der Waals surface area (Å²) < 4.78 is 0. The number of hydrogen-bond donors (Lipinski definition) is 1. The summed E-state index contributed by atoms with van der Waals surface area (Å²) >= 11 is 0. The molecule has 0 bridgehead atoms. The lowest BCUT2D eigenvalue weighted by molar-refractivity contribution is 0.538. The minimum Gasteiger partial charge on any atom is -0.432 e. The molecule has 0 unspecified atom stereocenters. The zero-order chi connectivity index (χ0) is 10.5. The van der Waals surface area contributed by atoms with E-state index in [-0.39, 0.29) is 0 Å². The van der Waals surface area contributed by atoms with Gasteiger partial charge < -0.3 is 9.83 Å². The second-order valence-corrected chi connectivity index (χ2v) is 4.73. The quantitative estimate of drug-likeness (QED) is 0.700. The van der Waals surface area contributed by atoms with Crippen molar-refractivity contribution in [2.75, 3.05) is 11.4 Å². The molecule has 1 aliphatic carbocycles. The van der Waals surface area contributed by atoms with Gasteiger partial charge in [-0.25, -0.2) is 4.98 Å². The summed E-state index contributed by atoms with van der Waals surface area (Å²) in [5, 5.41) is 9.70. The van der Waals surface area contributed by atoms with Crippen LogP contribution in [0.1, 0.15) is 24.8 Å². The third-order valence-corrected chi connectivity index (χ3v) is 3.77. The van der Waals surface area contributed by atoms with E-state index >= 15 is 0 Å². The molecular weight excluding hydrogens is 187 g/mol. The molecule has 1 saturated carbocycles. The Balaban J connectivity index is 2.08. The Kier molecular flexibility index (Phi) is 1.83. The molecule has 3 nitrogen and oxygen atoms in total. The van der Waals surface area contributed by atoms with Crippen LogP contribution >= 0.6 is 0 Å². The van der Waals surface area contributed by atoms with Crippen molar-refractivity contribution < 1.29 is 5.02 Å². The van der Waals surface area contributed by atoms with Crippen LogP contribution in [0, 0.1) is 0 Å². The van der Waals surface area contributed by atoms with Gasteiger partial charge >= 0.3 is 7.05 Å². The van der Waals surface area contributed by atoms with Crippen LogP contribution in [0.4, 0.5) is 5.82 Å². The largest absolute Gasteiger partial charge is 0.432 e. The Morgan fingerprint density at radius 3 is 2.93 bits per heavy atom. The molecular formula is C11H15BN2O. The van der Waals surface area contributed by atoms with Gasteiger partial charge in [-0.1, -0.05) is 6.07 Å². The number of fused-ring (bicyclic) bond motifs is 2. The maximum Gasteiger partial charge on any atom is 0.410 e. The number of nitrogens with zero attached hydrogens (tertiary/aromatic N) is 2. The van der Waals surface area contributed by atoms with Gasteiger partial charge in [0.1, 0.15) is 5.82 Å². The van der Waals surface area contributed by atoms with E-state index in [1.807, 2.05) is 23.9 Å². The summed E-state index contributed by atoms with van der Waals surface area (Å²) in [6.45, 7) is 2.74. The van der Waals surface area contributed by atoms with Crippen LogP contribution < -0.4 is 4.81 Å². The molecule has 2 aliphatic rings. The highest BCUT2D eigenvalue weighted by Crippen LogP contribution is 2.55. The Morgan fingerprint density at radius 2 is 2.27 bits per heavy atom. The molecule has 1 aromatic heterocycles. The molecule has 0 atom stereocenters. The summed E-state index contributed by atoms with van der Waals surface area (Å²) in [4.78, 5) is 6.42. The van der Waals surface area contributed by atoms with E-state index in [1.165, 1.54) is 18.4 Å². The van der Waals surface area contributed by atoms with Crippen LogP contribution in [0.25, 0.3) is 0 Å².